The minimum atomic E-state index is 0.735. The molecule has 2 heterocycles. The van der Waals surface area contributed by atoms with Crippen LogP contribution in [0.1, 0.15) is 32.8 Å². The van der Waals surface area contributed by atoms with Gasteiger partial charge in [-0.1, -0.05) is 32.4 Å². The van der Waals surface area contributed by atoms with E-state index in [1.807, 2.05) is 0 Å². The monoisotopic (exact) mass is 281 g/mol. The zero-order valence-electron chi connectivity index (χ0n) is 12.1. The Morgan fingerprint density at radius 1 is 1.37 bits per heavy atom. The zero-order valence-corrected chi connectivity index (χ0v) is 12.9. The van der Waals surface area contributed by atoms with Crippen LogP contribution in [0.2, 0.25) is 5.02 Å². The number of anilines is 1. The molecule has 19 heavy (non-hydrogen) atoms. The van der Waals surface area contributed by atoms with Crippen molar-refractivity contribution in [3.8, 4) is 0 Å². The first-order valence-electron chi connectivity index (χ1n) is 7.20. The highest BCUT2D eigenvalue weighted by atomic mass is 35.5. The number of pyridine rings is 1. The van der Waals surface area contributed by atoms with E-state index in [2.05, 4.69) is 42.0 Å². The molecule has 106 valence electrons. The van der Waals surface area contributed by atoms with Crippen molar-refractivity contribution in [2.45, 2.75) is 33.7 Å². The van der Waals surface area contributed by atoms with Gasteiger partial charge in [-0.05, 0) is 36.4 Å². The highest BCUT2D eigenvalue weighted by Crippen LogP contribution is 2.27. The predicted octanol–water partition coefficient (Wildman–Crippen LogP) is 3.33. The molecule has 0 radical (unpaired) electrons. The molecular weight excluding hydrogens is 258 g/mol. The van der Waals surface area contributed by atoms with E-state index in [1.165, 1.54) is 6.42 Å². The Morgan fingerprint density at radius 2 is 2.05 bits per heavy atom. The Bertz CT molecular complexity index is 412. The van der Waals surface area contributed by atoms with E-state index in [0.717, 1.165) is 54.4 Å². The summed E-state index contributed by atoms with van der Waals surface area (Å²) in [6.07, 6.45) is 3.10. The van der Waals surface area contributed by atoms with Gasteiger partial charge in [-0.15, -0.1) is 0 Å². The van der Waals surface area contributed by atoms with Crippen molar-refractivity contribution in [1.82, 2.24) is 10.3 Å². The SMILES string of the molecule is CCNCc1cc(N2CC(C)CC(C)C2)ncc1Cl. The van der Waals surface area contributed by atoms with Crippen molar-refractivity contribution in [2.75, 3.05) is 24.5 Å². The molecule has 0 aliphatic carbocycles. The second-order valence-corrected chi connectivity index (χ2v) is 6.17. The minimum absolute atomic E-state index is 0.735. The van der Waals surface area contributed by atoms with Gasteiger partial charge in [0.05, 0.1) is 5.02 Å². The van der Waals surface area contributed by atoms with E-state index < -0.39 is 0 Å². The van der Waals surface area contributed by atoms with Gasteiger partial charge >= 0.3 is 0 Å². The van der Waals surface area contributed by atoms with E-state index in [9.17, 15) is 0 Å². The topological polar surface area (TPSA) is 28.2 Å². The molecule has 4 heteroatoms. The van der Waals surface area contributed by atoms with Crippen molar-refractivity contribution in [1.29, 1.82) is 0 Å². The molecule has 1 fully saturated rings. The predicted molar refractivity (Wildman–Crippen MR) is 81.8 cm³/mol. The fraction of sp³-hybridized carbons (Fsp3) is 0.667. The molecular formula is C15H24ClN3. The normalized spacial score (nSPS) is 23.7. The summed E-state index contributed by atoms with van der Waals surface area (Å²) in [4.78, 5) is 6.90. The van der Waals surface area contributed by atoms with Gasteiger partial charge in [0.2, 0.25) is 0 Å². The standard InChI is InChI=1S/C15H24ClN3/c1-4-17-7-13-6-15(18-8-14(13)16)19-9-11(2)5-12(3)10-19/h6,8,11-12,17H,4-5,7,9-10H2,1-3H3. The van der Waals surface area contributed by atoms with Crippen molar-refractivity contribution in [3.05, 3.63) is 22.8 Å². The van der Waals surface area contributed by atoms with Crippen LogP contribution in [0.25, 0.3) is 0 Å². The molecule has 3 nitrogen and oxygen atoms in total. The average Bonchev–Trinajstić information content (AvgIpc) is 2.36. The first-order valence-corrected chi connectivity index (χ1v) is 7.58. The molecule has 1 aliphatic heterocycles. The highest BCUT2D eigenvalue weighted by Gasteiger charge is 2.23. The Morgan fingerprint density at radius 3 is 2.68 bits per heavy atom. The van der Waals surface area contributed by atoms with Gasteiger partial charge in [-0.2, -0.15) is 0 Å². The third-order valence-electron chi connectivity index (χ3n) is 3.68. The third kappa shape index (κ3) is 3.83. The van der Waals surface area contributed by atoms with Crippen LogP contribution in [0.4, 0.5) is 5.82 Å². The van der Waals surface area contributed by atoms with E-state index in [0.29, 0.717) is 0 Å². The van der Waals surface area contributed by atoms with E-state index in [4.69, 9.17) is 11.6 Å². The highest BCUT2D eigenvalue weighted by molar-refractivity contribution is 6.31. The summed E-state index contributed by atoms with van der Waals surface area (Å²) in [7, 11) is 0. The Kier molecular flexibility index (Phi) is 5.06. The number of hydrogen-bond acceptors (Lipinski definition) is 3. The summed E-state index contributed by atoms with van der Waals surface area (Å²) in [5, 5.41) is 4.07. The first-order chi connectivity index (χ1) is 9.10. The summed E-state index contributed by atoms with van der Waals surface area (Å²) in [6, 6.07) is 2.13. The lowest BCUT2D eigenvalue weighted by atomic mass is 9.92. The number of nitrogens with one attached hydrogen (secondary N) is 1. The fourth-order valence-electron chi connectivity index (χ4n) is 2.89. The van der Waals surface area contributed by atoms with Crippen LogP contribution in [-0.4, -0.2) is 24.6 Å². The first kappa shape index (κ1) is 14.6. The van der Waals surface area contributed by atoms with E-state index in [-0.39, 0.29) is 0 Å². The molecule has 1 aromatic rings. The van der Waals surface area contributed by atoms with Crippen LogP contribution in [-0.2, 0) is 6.54 Å². The van der Waals surface area contributed by atoms with E-state index >= 15 is 0 Å². The largest absolute Gasteiger partial charge is 0.356 e. The number of halogens is 1. The third-order valence-corrected chi connectivity index (χ3v) is 4.02. The number of hydrogen-bond donors (Lipinski definition) is 1. The lowest BCUT2D eigenvalue weighted by Gasteiger charge is -2.36. The molecule has 2 atom stereocenters. The molecule has 1 aromatic heterocycles. The summed E-state index contributed by atoms with van der Waals surface area (Å²) in [6.45, 7) is 10.7. The molecule has 1 N–H and O–H groups in total. The summed E-state index contributed by atoms with van der Waals surface area (Å²) >= 11 is 6.21. The molecule has 0 saturated carbocycles. The number of rotatable bonds is 4. The van der Waals surface area contributed by atoms with Crippen molar-refractivity contribution in [2.24, 2.45) is 11.8 Å². The zero-order chi connectivity index (χ0) is 13.8. The van der Waals surface area contributed by atoms with Gasteiger partial charge in [0.1, 0.15) is 5.82 Å². The number of piperidine rings is 1. The van der Waals surface area contributed by atoms with Gasteiger partial charge < -0.3 is 10.2 Å². The van der Waals surface area contributed by atoms with Crippen LogP contribution in [0.5, 0.6) is 0 Å². The Hall–Kier alpha value is -0.800. The summed E-state index contributed by atoms with van der Waals surface area (Å²) in [5.41, 5.74) is 1.14. The van der Waals surface area contributed by atoms with Crippen molar-refractivity contribution >= 4 is 17.4 Å². The minimum Gasteiger partial charge on any atom is -0.356 e. The summed E-state index contributed by atoms with van der Waals surface area (Å²) < 4.78 is 0. The molecule has 0 bridgehead atoms. The molecule has 0 spiro atoms. The van der Waals surface area contributed by atoms with Crippen LogP contribution in [0, 0.1) is 11.8 Å². The van der Waals surface area contributed by atoms with Gasteiger partial charge in [0.25, 0.3) is 0 Å². The summed E-state index contributed by atoms with van der Waals surface area (Å²) in [5.74, 6) is 2.53. The van der Waals surface area contributed by atoms with Crippen LogP contribution in [0.3, 0.4) is 0 Å². The number of nitrogens with zero attached hydrogens (tertiary/aromatic N) is 2. The second-order valence-electron chi connectivity index (χ2n) is 5.77. The van der Waals surface area contributed by atoms with Crippen LogP contribution in [0.15, 0.2) is 12.3 Å². The second kappa shape index (κ2) is 6.58. The van der Waals surface area contributed by atoms with Gasteiger partial charge in [0, 0.05) is 25.8 Å². The Labute approximate surface area is 121 Å². The van der Waals surface area contributed by atoms with Crippen molar-refractivity contribution < 1.29 is 0 Å². The molecule has 0 amide bonds. The molecule has 0 aromatic carbocycles. The molecule has 2 unspecified atom stereocenters. The number of aromatic nitrogens is 1. The van der Waals surface area contributed by atoms with Gasteiger partial charge in [0.15, 0.2) is 0 Å². The van der Waals surface area contributed by atoms with Crippen LogP contribution < -0.4 is 10.2 Å². The van der Waals surface area contributed by atoms with E-state index in [1.54, 1.807) is 6.20 Å². The molecule has 1 aliphatic rings. The van der Waals surface area contributed by atoms with Crippen LogP contribution >= 0.6 is 11.6 Å². The molecule has 1 saturated heterocycles. The smallest absolute Gasteiger partial charge is 0.128 e. The fourth-order valence-corrected chi connectivity index (χ4v) is 3.06. The molecule has 2 rings (SSSR count). The van der Waals surface area contributed by atoms with Gasteiger partial charge in [-0.25, -0.2) is 4.98 Å². The maximum atomic E-state index is 6.21. The van der Waals surface area contributed by atoms with Gasteiger partial charge in [-0.3, -0.25) is 0 Å². The maximum absolute atomic E-state index is 6.21. The quantitative estimate of drug-likeness (QED) is 0.918. The average molecular weight is 282 g/mol. The lowest BCUT2D eigenvalue weighted by Crippen LogP contribution is -2.39. The Balaban J connectivity index is 2.15. The maximum Gasteiger partial charge on any atom is 0.128 e. The lowest BCUT2D eigenvalue weighted by molar-refractivity contribution is 0.355. The van der Waals surface area contributed by atoms with Crippen molar-refractivity contribution in [3.63, 3.8) is 0 Å².